The largest absolute Gasteiger partial charge is 0.368 e. The number of halogens is 1. The molecule has 1 aromatic carbocycles. The summed E-state index contributed by atoms with van der Waals surface area (Å²) in [6.07, 6.45) is 2.28. The van der Waals surface area contributed by atoms with Crippen LogP contribution in [0, 0.1) is 6.92 Å². The first-order valence-electron chi connectivity index (χ1n) is 5.69. The minimum atomic E-state index is 0.616. The van der Waals surface area contributed by atoms with Crippen LogP contribution in [0.1, 0.15) is 31.4 Å². The molecule has 82 valence electrons. The van der Waals surface area contributed by atoms with Gasteiger partial charge in [-0.3, -0.25) is 0 Å². The lowest BCUT2D eigenvalue weighted by Gasteiger charge is -2.26. The Kier molecular flexibility index (Phi) is 2.92. The Balaban J connectivity index is 2.40. The van der Waals surface area contributed by atoms with Crippen molar-refractivity contribution < 1.29 is 0 Å². The average Bonchev–Trinajstić information content (AvgIpc) is 2.66. The van der Waals surface area contributed by atoms with Gasteiger partial charge in [-0.05, 0) is 43.9 Å². The Morgan fingerprint density at radius 3 is 2.87 bits per heavy atom. The topological polar surface area (TPSA) is 3.24 Å². The van der Waals surface area contributed by atoms with Crippen molar-refractivity contribution in [2.75, 3.05) is 11.4 Å². The summed E-state index contributed by atoms with van der Waals surface area (Å²) < 4.78 is 0. The molecule has 0 spiro atoms. The molecule has 1 unspecified atom stereocenters. The lowest BCUT2D eigenvalue weighted by molar-refractivity contribution is 0.635. The molecule has 1 aliphatic rings. The van der Waals surface area contributed by atoms with Gasteiger partial charge in [0.1, 0.15) is 0 Å². The van der Waals surface area contributed by atoms with Crippen LogP contribution in [0.4, 0.5) is 5.69 Å². The predicted molar refractivity (Wildman–Crippen MR) is 67.0 cm³/mol. The van der Waals surface area contributed by atoms with Crippen molar-refractivity contribution in [2.24, 2.45) is 0 Å². The van der Waals surface area contributed by atoms with Crippen molar-refractivity contribution in [3.05, 3.63) is 28.3 Å². The molecule has 2 heteroatoms. The highest BCUT2D eigenvalue weighted by Gasteiger charge is 2.24. The van der Waals surface area contributed by atoms with Gasteiger partial charge in [0.25, 0.3) is 0 Å². The van der Waals surface area contributed by atoms with Crippen LogP contribution in [0.2, 0.25) is 5.02 Å². The summed E-state index contributed by atoms with van der Waals surface area (Å²) >= 11 is 6.33. The first kappa shape index (κ1) is 10.8. The molecule has 2 rings (SSSR count). The predicted octanol–water partition coefficient (Wildman–Crippen LogP) is 3.81. The quantitative estimate of drug-likeness (QED) is 0.737. The summed E-state index contributed by atoms with van der Waals surface area (Å²) in [4.78, 5) is 2.47. The van der Waals surface area contributed by atoms with Gasteiger partial charge in [-0.25, -0.2) is 0 Å². The van der Waals surface area contributed by atoms with Crippen LogP contribution in [-0.4, -0.2) is 12.6 Å². The monoisotopic (exact) mass is 223 g/mol. The van der Waals surface area contributed by atoms with Crippen molar-refractivity contribution in [3.63, 3.8) is 0 Å². The summed E-state index contributed by atoms with van der Waals surface area (Å²) in [7, 11) is 0. The first-order valence-corrected chi connectivity index (χ1v) is 6.07. The van der Waals surface area contributed by atoms with Crippen LogP contribution in [-0.2, 0) is 6.42 Å². The maximum Gasteiger partial charge on any atom is 0.0488 e. The highest BCUT2D eigenvalue weighted by atomic mass is 35.5. The average molecular weight is 224 g/mol. The molecule has 15 heavy (non-hydrogen) atoms. The van der Waals surface area contributed by atoms with Crippen molar-refractivity contribution >= 4 is 17.3 Å². The maximum absolute atomic E-state index is 6.33. The number of aryl methyl sites for hydroxylation is 1. The maximum atomic E-state index is 6.33. The zero-order valence-corrected chi connectivity index (χ0v) is 10.4. The fourth-order valence-corrected chi connectivity index (χ4v) is 2.52. The second-order valence-electron chi connectivity index (χ2n) is 4.39. The third-order valence-corrected chi connectivity index (χ3v) is 3.97. The molecular formula is C13H18ClN. The van der Waals surface area contributed by atoms with E-state index in [1.54, 1.807) is 0 Å². The third kappa shape index (κ3) is 1.74. The Bertz CT molecular complexity index is 373. The van der Waals surface area contributed by atoms with Gasteiger partial charge in [-0.1, -0.05) is 24.6 Å². The number of fused-ring (bicyclic) bond motifs is 1. The molecule has 0 bridgehead atoms. The van der Waals surface area contributed by atoms with E-state index in [1.807, 2.05) is 0 Å². The lowest BCUT2D eigenvalue weighted by Crippen LogP contribution is -2.30. The van der Waals surface area contributed by atoms with Crippen LogP contribution in [0.15, 0.2) is 12.1 Å². The van der Waals surface area contributed by atoms with Crippen LogP contribution in [0.5, 0.6) is 0 Å². The molecular weight excluding hydrogens is 206 g/mol. The van der Waals surface area contributed by atoms with Gasteiger partial charge in [0.15, 0.2) is 0 Å². The number of benzene rings is 1. The van der Waals surface area contributed by atoms with Gasteiger partial charge < -0.3 is 4.90 Å². The van der Waals surface area contributed by atoms with E-state index in [-0.39, 0.29) is 0 Å². The van der Waals surface area contributed by atoms with E-state index in [4.69, 9.17) is 11.6 Å². The van der Waals surface area contributed by atoms with E-state index in [0.717, 1.165) is 18.0 Å². The van der Waals surface area contributed by atoms with Gasteiger partial charge in [0, 0.05) is 23.3 Å². The summed E-state index contributed by atoms with van der Waals surface area (Å²) in [5, 5.41) is 0.971. The molecule has 0 saturated heterocycles. The molecule has 0 aliphatic carbocycles. The Hall–Kier alpha value is -0.690. The molecule has 1 aliphatic heterocycles. The van der Waals surface area contributed by atoms with Crippen molar-refractivity contribution in [3.8, 4) is 0 Å². The summed E-state index contributed by atoms with van der Waals surface area (Å²) in [6.45, 7) is 7.71. The summed E-state index contributed by atoms with van der Waals surface area (Å²) in [5.74, 6) is 0. The smallest absolute Gasteiger partial charge is 0.0488 e. The Morgan fingerprint density at radius 2 is 2.20 bits per heavy atom. The molecule has 0 amide bonds. The molecule has 0 fully saturated rings. The number of hydrogen-bond donors (Lipinski definition) is 0. The normalized spacial score (nSPS) is 16.7. The van der Waals surface area contributed by atoms with Gasteiger partial charge in [0.2, 0.25) is 0 Å². The van der Waals surface area contributed by atoms with E-state index in [1.165, 1.54) is 23.2 Å². The highest BCUT2D eigenvalue weighted by molar-refractivity contribution is 6.32. The number of hydrogen-bond acceptors (Lipinski definition) is 1. The number of nitrogens with zero attached hydrogens (tertiary/aromatic N) is 1. The van der Waals surface area contributed by atoms with E-state index < -0.39 is 0 Å². The molecule has 0 N–H and O–H groups in total. The minimum absolute atomic E-state index is 0.616. The van der Waals surface area contributed by atoms with Crippen molar-refractivity contribution in [1.29, 1.82) is 0 Å². The van der Waals surface area contributed by atoms with E-state index >= 15 is 0 Å². The van der Waals surface area contributed by atoms with Crippen LogP contribution in [0.3, 0.4) is 0 Å². The van der Waals surface area contributed by atoms with Crippen LogP contribution in [0.25, 0.3) is 0 Å². The molecule has 0 radical (unpaired) electrons. The molecule has 1 heterocycles. The zero-order chi connectivity index (χ0) is 11.0. The summed E-state index contributed by atoms with van der Waals surface area (Å²) in [6, 6.07) is 4.96. The SMILES string of the molecule is CCC(C)N1CCc2c1ccc(C)c2Cl. The van der Waals surface area contributed by atoms with E-state index in [0.29, 0.717) is 6.04 Å². The lowest BCUT2D eigenvalue weighted by atomic mass is 10.1. The minimum Gasteiger partial charge on any atom is -0.368 e. The van der Waals surface area contributed by atoms with Gasteiger partial charge >= 0.3 is 0 Å². The number of anilines is 1. The zero-order valence-electron chi connectivity index (χ0n) is 9.68. The van der Waals surface area contributed by atoms with Gasteiger partial charge in [-0.2, -0.15) is 0 Å². The standard InChI is InChI=1S/C13H18ClN/c1-4-10(3)15-8-7-11-12(15)6-5-9(2)13(11)14/h5-6,10H,4,7-8H2,1-3H3. The van der Waals surface area contributed by atoms with Gasteiger partial charge in [-0.15, -0.1) is 0 Å². The molecule has 0 saturated carbocycles. The fourth-order valence-electron chi connectivity index (χ4n) is 2.27. The summed E-state index contributed by atoms with van der Waals surface area (Å²) in [5.41, 5.74) is 3.89. The van der Waals surface area contributed by atoms with Crippen molar-refractivity contribution in [1.82, 2.24) is 0 Å². The fraction of sp³-hybridized carbons (Fsp3) is 0.538. The number of rotatable bonds is 2. The highest BCUT2D eigenvalue weighted by Crippen LogP contribution is 2.36. The molecule has 1 nitrogen and oxygen atoms in total. The molecule has 0 aromatic heterocycles. The molecule has 1 aromatic rings. The Morgan fingerprint density at radius 1 is 1.47 bits per heavy atom. The second kappa shape index (κ2) is 4.05. The van der Waals surface area contributed by atoms with Crippen LogP contribution >= 0.6 is 11.6 Å². The first-order chi connectivity index (χ1) is 7.15. The second-order valence-corrected chi connectivity index (χ2v) is 4.77. The van der Waals surface area contributed by atoms with Crippen LogP contribution < -0.4 is 4.90 Å². The Labute approximate surface area is 97.0 Å². The van der Waals surface area contributed by atoms with E-state index in [9.17, 15) is 0 Å². The van der Waals surface area contributed by atoms with Crippen molar-refractivity contribution in [2.45, 2.75) is 39.7 Å². The third-order valence-electron chi connectivity index (χ3n) is 3.45. The van der Waals surface area contributed by atoms with Gasteiger partial charge in [0.05, 0.1) is 0 Å². The molecule has 1 atom stereocenters. The van der Waals surface area contributed by atoms with E-state index in [2.05, 4.69) is 37.8 Å².